The van der Waals surface area contributed by atoms with Crippen LogP contribution in [0, 0.1) is 6.92 Å². The Morgan fingerprint density at radius 1 is 1.47 bits per heavy atom. The van der Waals surface area contributed by atoms with Gasteiger partial charge in [0.05, 0.1) is 11.4 Å². The first-order chi connectivity index (χ1) is 7.15. The number of hydrogen-bond acceptors (Lipinski definition) is 4. The summed E-state index contributed by atoms with van der Waals surface area (Å²) in [5.74, 6) is 0.608. The number of nitrogens with zero attached hydrogens (tertiary/aromatic N) is 2. The number of nitrogen functional groups attached to an aromatic ring is 1. The highest BCUT2D eigenvalue weighted by atomic mass is 35.5. The summed E-state index contributed by atoms with van der Waals surface area (Å²) in [5, 5.41) is 3.34. The summed E-state index contributed by atoms with van der Waals surface area (Å²) in [6.07, 6.45) is 5.00. The summed E-state index contributed by atoms with van der Waals surface area (Å²) in [5.41, 5.74) is 7.06. The predicted molar refractivity (Wildman–Crippen MR) is 64.1 cm³/mol. The van der Waals surface area contributed by atoms with E-state index < -0.39 is 0 Å². The van der Waals surface area contributed by atoms with Gasteiger partial charge in [-0.1, -0.05) is 12.2 Å². The van der Waals surface area contributed by atoms with Crippen LogP contribution in [-0.2, 0) is 0 Å². The van der Waals surface area contributed by atoms with Gasteiger partial charge in [0.25, 0.3) is 0 Å². The van der Waals surface area contributed by atoms with Crippen LogP contribution in [0.25, 0.3) is 0 Å². The Kier molecular flexibility index (Phi) is 4.37. The summed E-state index contributed by atoms with van der Waals surface area (Å²) >= 11 is 5.73. The van der Waals surface area contributed by atoms with E-state index in [1.165, 1.54) is 0 Å². The van der Waals surface area contributed by atoms with Crippen molar-refractivity contribution in [1.29, 1.82) is 0 Å². The third-order valence-corrected chi connectivity index (χ3v) is 2.12. The Bertz CT molecular complexity index is 363. The number of aromatic nitrogens is 2. The third kappa shape index (κ3) is 3.40. The number of hydrogen-bond donors (Lipinski definition) is 2. The normalized spacial score (nSPS) is 10.9. The molecule has 1 rings (SSSR count). The molecule has 3 N–H and O–H groups in total. The molecule has 0 aliphatic rings. The molecule has 0 spiro atoms. The molecule has 1 aromatic heterocycles. The predicted octanol–water partition coefficient (Wildman–Crippen LogP) is 2.40. The van der Waals surface area contributed by atoms with Crippen molar-refractivity contribution >= 4 is 23.1 Å². The van der Waals surface area contributed by atoms with E-state index in [4.69, 9.17) is 17.3 Å². The summed E-state index contributed by atoms with van der Waals surface area (Å²) in [4.78, 5) is 7.98. The van der Waals surface area contributed by atoms with Crippen LogP contribution in [0.15, 0.2) is 12.2 Å². The molecule has 1 aromatic rings. The van der Waals surface area contributed by atoms with Gasteiger partial charge in [0.2, 0.25) is 5.28 Å². The van der Waals surface area contributed by atoms with Crippen molar-refractivity contribution in [3.8, 4) is 0 Å². The van der Waals surface area contributed by atoms with Gasteiger partial charge in [-0.25, -0.2) is 4.98 Å². The van der Waals surface area contributed by atoms with E-state index in [2.05, 4.69) is 21.4 Å². The molecule has 0 saturated heterocycles. The third-order valence-electron chi connectivity index (χ3n) is 1.95. The summed E-state index contributed by atoms with van der Waals surface area (Å²) < 4.78 is 0. The number of rotatable bonds is 4. The minimum Gasteiger partial charge on any atom is -0.394 e. The Hall–Kier alpha value is -1.29. The molecule has 4 nitrogen and oxygen atoms in total. The van der Waals surface area contributed by atoms with Crippen LogP contribution in [0.5, 0.6) is 0 Å². The van der Waals surface area contributed by atoms with Crippen molar-refractivity contribution in [3.05, 3.63) is 23.1 Å². The number of halogens is 1. The second-order valence-electron chi connectivity index (χ2n) is 3.12. The number of nitrogens with one attached hydrogen (secondary N) is 1. The fourth-order valence-corrected chi connectivity index (χ4v) is 1.33. The number of nitrogens with two attached hydrogens (primary N) is 1. The second-order valence-corrected chi connectivity index (χ2v) is 3.46. The van der Waals surface area contributed by atoms with E-state index in [0.717, 1.165) is 13.0 Å². The van der Waals surface area contributed by atoms with E-state index in [1.807, 2.05) is 13.0 Å². The van der Waals surface area contributed by atoms with E-state index in [9.17, 15) is 0 Å². The van der Waals surface area contributed by atoms with Gasteiger partial charge in [0.1, 0.15) is 0 Å². The minimum atomic E-state index is 0.218. The lowest BCUT2D eigenvalue weighted by Crippen LogP contribution is -2.08. The maximum absolute atomic E-state index is 5.80. The average Bonchev–Trinajstić information content (AvgIpc) is 2.19. The first-order valence-electron chi connectivity index (χ1n) is 4.79. The fraction of sp³-hybridized carbons (Fsp3) is 0.400. The molecule has 0 amide bonds. The average molecular weight is 227 g/mol. The largest absolute Gasteiger partial charge is 0.394 e. The molecular weight excluding hydrogens is 212 g/mol. The number of allylic oxidation sites excluding steroid dienone is 1. The molecule has 0 aliphatic heterocycles. The Morgan fingerprint density at radius 2 is 2.20 bits per heavy atom. The SMILES string of the molecule is C/C=C/CCNc1nc(Cl)nc(C)c1N. The van der Waals surface area contributed by atoms with Crippen LogP contribution in [0.1, 0.15) is 19.0 Å². The van der Waals surface area contributed by atoms with Gasteiger partial charge in [-0.2, -0.15) is 4.98 Å². The van der Waals surface area contributed by atoms with Crippen LogP contribution < -0.4 is 11.1 Å². The quantitative estimate of drug-likeness (QED) is 0.470. The first-order valence-corrected chi connectivity index (χ1v) is 5.17. The van der Waals surface area contributed by atoms with Gasteiger partial charge in [-0.05, 0) is 31.9 Å². The summed E-state index contributed by atoms with van der Waals surface area (Å²) in [6.45, 7) is 4.57. The second kappa shape index (κ2) is 5.56. The molecule has 0 bridgehead atoms. The zero-order valence-corrected chi connectivity index (χ0v) is 9.67. The zero-order chi connectivity index (χ0) is 11.3. The van der Waals surface area contributed by atoms with Gasteiger partial charge in [-0.15, -0.1) is 0 Å². The highest BCUT2D eigenvalue weighted by molar-refractivity contribution is 6.28. The fourth-order valence-electron chi connectivity index (χ4n) is 1.12. The van der Waals surface area contributed by atoms with Crippen LogP contribution in [0.4, 0.5) is 11.5 Å². The Balaban J connectivity index is 2.68. The molecule has 0 atom stereocenters. The van der Waals surface area contributed by atoms with Gasteiger partial charge < -0.3 is 11.1 Å². The number of aryl methyl sites for hydroxylation is 1. The summed E-state index contributed by atoms with van der Waals surface area (Å²) in [6, 6.07) is 0. The van der Waals surface area contributed by atoms with Gasteiger partial charge in [-0.3, -0.25) is 0 Å². The maximum atomic E-state index is 5.80. The lowest BCUT2D eigenvalue weighted by molar-refractivity contribution is 1.02. The zero-order valence-electron chi connectivity index (χ0n) is 8.92. The molecule has 0 aliphatic carbocycles. The molecule has 0 saturated carbocycles. The molecular formula is C10H15ClN4. The smallest absolute Gasteiger partial charge is 0.224 e. The molecule has 0 unspecified atom stereocenters. The first kappa shape index (κ1) is 11.8. The van der Waals surface area contributed by atoms with Crippen molar-refractivity contribution in [1.82, 2.24) is 9.97 Å². The van der Waals surface area contributed by atoms with Gasteiger partial charge in [0.15, 0.2) is 5.82 Å². The van der Waals surface area contributed by atoms with Gasteiger partial charge >= 0.3 is 0 Å². The van der Waals surface area contributed by atoms with Crippen LogP contribution >= 0.6 is 11.6 Å². The molecule has 0 fully saturated rings. The molecule has 0 aromatic carbocycles. The van der Waals surface area contributed by atoms with Crippen LogP contribution in [-0.4, -0.2) is 16.5 Å². The van der Waals surface area contributed by atoms with E-state index >= 15 is 0 Å². The lowest BCUT2D eigenvalue weighted by atomic mass is 10.3. The van der Waals surface area contributed by atoms with Crippen LogP contribution in [0.3, 0.4) is 0 Å². The Morgan fingerprint density at radius 3 is 2.87 bits per heavy atom. The highest BCUT2D eigenvalue weighted by Crippen LogP contribution is 2.20. The van der Waals surface area contributed by atoms with E-state index in [0.29, 0.717) is 17.2 Å². The van der Waals surface area contributed by atoms with Crippen molar-refractivity contribution in [2.45, 2.75) is 20.3 Å². The Labute approximate surface area is 94.6 Å². The topological polar surface area (TPSA) is 63.8 Å². The van der Waals surface area contributed by atoms with Crippen molar-refractivity contribution in [2.24, 2.45) is 0 Å². The highest BCUT2D eigenvalue weighted by Gasteiger charge is 2.06. The van der Waals surface area contributed by atoms with Gasteiger partial charge in [0, 0.05) is 6.54 Å². The number of anilines is 2. The lowest BCUT2D eigenvalue weighted by Gasteiger charge is -2.08. The van der Waals surface area contributed by atoms with Crippen molar-refractivity contribution < 1.29 is 0 Å². The minimum absolute atomic E-state index is 0.218. The molecule has 15 heavy (non-hydrogen) atoms. The maximum Gasteiger partial charge on any atom is 0.224 e. The molecule has 5 heteroatoms. The van der Waals surface area contributed by atoms with Crippen LogP contribution in [0.2, 0.25) is 5.28 Å². The molecule has 1 heterocycles. The van der Waals surface area contributed by atoms with Crippen molar-refractivity contribution in [2.75, 3.05) is 17.6 Å². The van der Waals surface area contributed by atoms with E-state index in [-0.39, 0.29) is 5.28 Å². The molecule has 0 radical (unpaired) electrons. The molecule has 82 valence electrons. The summed E-state index contributed by atoms with van der Waals surface area (Å²) in [7, 11) is 0. The standard InChI is InChI=1S/C10H15ClN4/c1-3-4-5-6-13-9-8(12)7(2)14-10(11)15-9/h3-4H,5-6,12H2,1-2H3,(H,13,14,15)/b4-3+. The van der Waals surface area contributed by atoms with Crippen molar-refractivity contribution in [3.63, 3.8) is 0 Å². The monoisotopic (exact) mass is 226 g/mol. The van der Waals surface area contributed by atoms with E-state index in [1.54, 1.807) is 6.92 Å².